The van der Waals surface area contributed by atoms with Crippen LogP contribution in [0.3, 0.4) is 0 Å². The number of hydrogen-bond acceptors (Lipinski definition) is 5. The van der Waals surface area contributed by atoms with Crippen LogP contribution in [0.25, 0.3) is 0 Å². The van der Waals surface area contributed by atoms with Crippen molar-refractivity contribution in [1.29, 1.82) is 0 Å². The van der Waals surface area contributed by atoms with Crippen LogP contribution in [-0.2, 0) is 26.1 Å². The summed E-state index contributed by atoms with van der Waals surface area (Å²) < 4.78 is 12.8. The normalized spacial score (nSPS) is 13.6. The third kappa shape index (κ3) is 5.01. The van der Waals surface area contributed by atoms with Gasteiger partial charge in [-0.1, -0.05) is 24.3 Å². The standard InChI is InChI=1S/C24H30N6O2/c1-4-26-24(27-13-18-6-5-7-19(10-18)14-30-17-25-16-28-30)29-9-8-20-11-22(31-2)23(32-3)12-21(20)15-29/h5-7,10-12,16-17H,4,8-9,13-15H2,1-3H3,(H,26,27). The van der Waals surface area contributed by atoms with Crippen LogP contribution in [0.15, 0.2) is 54.0 Å². The van der Waals surface area contributed by atoms with Crippen molar-refractivity contribution in [3.05, 3.63) is 71.3 Å². The zero-order valence-corrected chi connectivity index (χ0v) is 18.9. The summed E-state index contributed by atoms with van der Waals surface area (Å²) in [6, 6.07) is 12.6. The van der Waals surface area contributed by atoms with Crippen molar-refractivity contribution in [3.8, 4) is 11.5 Å². The van der Waals surface area contributed by atoms with Crippen LogP contribution < -0.4 is 14.8 Å². The molecule has 8 heteroatoms. The molecule has 0 saturated carbocycles. The Morgan fingerprint density at radius 2 is 1.88 bits per heavy atom. The average molecular weight is 435 g/mol. The van der Waals surface area contributed by atoms with E-state index in [2.05, 4.69) is 63.6 Å². The lowest BCUT2D eigenvalue weighted by Crippen LogP contribution is -2.44. The molecule has 0 aliphatic carbocycles. The van der Waals surface area contributed by atoms with E-state index in [0.717, 1.165) is 43.5 Å². The SMILES string of the molecule is CCNC(=NCc1cccc(Cn2cncn2)c1)N1CCc2cc(OC)c(OC)cc2C1. The summed E-state index contributed by atoms with van der Waals surface area (Å²) in [4.78, 5) is 11.2. The number of rotatable bonds is 7. The van der Waals surface area contributed by atoms with Crippen molar-refractivity contribution < 1.29 is 9.47 Å². The van der Waals surface area contributed by atoms with Crippen LogP contribution in [0.4, 0.5) is 0 Å². The second-order valence-electron chi connectivity index (χ2n) is 7.73. The number of guanidine groups is 1. The molecule has 32 heavy (non-hydrogen) atoms. The van der Waals surface area contributed by atoms with Gasteiger partial charge in [0.15, 0.2) is 17.5 Å². The number of ether oxygens (including phenoxy) is 2. The van der Waals surface area contributed by atoms with E-state index in [1.165, 1.54) is 22.3 Å². The average Bonchev–Trinajstić information content (AvgIpc) is 3.33. The van der Waals surface area contributed by atoms with Crippen molar-refractivity contribution in [2.75, 3.05) is 27.3 Å². The summed E-state index contributed by atoms with van der Waals surface area (Å²) in [6.07, 6.45) is 4.22. The number of aliphatic imine (C=N–C) groups is 1. The van der Waals surface area contributed by atoms with Gasteiger partial charge in [0, 0.05) is 19.6 Å². The van der Waals surface area contributed by atoms with Crippen LogP contribution in [0, 0.1) is 0 Å². The lowest BCUT2D eigenvalue weighted by atomic mass is 9.99. The van der Waals surface area contributed by atoms with Gasteiger partial charge in [0.1, 0.15) is 12.7 Å². The van der Waals surface area contributed by atoms with E-state index in [9.17, 15) is 0 Å². The van der Waals surface area contributed by atoms with Crippen molar-refractivity contribution in [2.24, 2.45) is 4.99 Å². The van der Waals surface area contributed by atoms with Gasteiger partial charge in [0.2, 0.25) is 0 Å². The molecule has 1 aliphatic rings. The second kappa shape index (κ2) is 10.2. The van der Waals surface area contributed by atoms with Crippen molar-refractivity contribution in [2.45, 2.75) is 33.0 Å². The topological polar surface area (TPSA) is 76.8 Å². The Bertz CT molecular complexity index is 1060. The summed E-state index contributed by atoms with van der Waals surface area (Å²) in [6.45, 7) is 5.92. The Balaban J connectivity index is 1.49. The van der Waals surface area contributed by atoms with Gasteiger partial charge in [-0.2, -0.15) is 5.10 Å². The van der Waals surface area contributed by atoms with Crippen LogP contribution >= 0.6 is 0 Å². The van der Waals surface area contributed by atoms with Crippen LogP contribution in [0.5, 0.6) is 11.5 Å². The fourth-order valence-electron chi connectivity index (χ4n) is 3.98. The van der Waals surface area contributed by atoms with Gasteiger partial charge < -0.3 is 19.7 Å². The molecule has 8 nitrogen and oxygen atoms in total. The first-order valence-electron chi connectivity index (χ1n) is 10.9. The molecule has 2 heterocycles. The maximum Gasteiger partial charge on any atom is 0.194 e. The molecule has 4 rings (SSSR count). The third-order valence-electron chi connectivity index (χ3n) is 5.57. The lowest BCUT2D eigenvalue weighted by Gasteiger charge is -2.32. The molecule has 2 aromatic carbocycles. The highest BCUT2D eigenvalue weighted by Crippen LogP contribution is 2.33. The Morgan fingerprint density at radius 3 is 2.59 bits per heavy atom. The van der Waals surface area contributed by atoms with E-state index in [1.54, 1.807) is 26.9 Å². The first-order valence-corrected chi connectivity index (χ1v) is 10.9. The van der Waals surface area contributed by atoms with Gasteiger partial charge in [-0.05, 0) is 47.7 Å². The van der Waals surface area contributed by atoms with Gasteiger partial charge >= 0.3 is 0 Å². The first-order chi connectivity index (χ1) is 15.7. The zero-order chi connectivity index (χ0) is 22.3. The van der Waals surface area contributed by atoms with E-state index < -0.39 is 0 Å². The van der Waals surface area contributed by atoms with Crippen LogP contribution in [-0.4, -0.2) is 52.9 Å². The van der Waals surface area contributed by atoms with Crippen molar-refractivity contribution in [1.82, 2.24) is 25.0 Å². The summed E-state index contributed by atoms with van der Waals surface area (Å²) in [5, 5.41) is 7.64. The molecule has 1 aliphatic heterocycles. The largest absolute Gasteiger partial charge is 0.493 e. The Labute approximate surface area is 188 Å². The smallest absolute Gasteiger partial charge is 0.194 e. The molecule has 0 saturated heterocycles. The number of nitrogens with one attached hydrogen (secondary N) is 1. The van der Waals surface area contributed by atoms with Crippen molar-refractivity contribution >= 4 is 5.96 Å². The molecule has 0 spiro atoms. The van der Waals surface area contributed by atoms with Gasteiger partial charge in [-0.15, -0.1) is 0 Å². The van der Waals surface area contributed by atoms with Crippen molar-refractivity contribution in [3.63, 3.8) is 0 Å². The third-order valence-corrected chi connectivity index (χ3v) is 5.57. The minimum Gasteiger partial charge on any atom is -0.493 e. The number of nitrogens with zero attached hydrogens (tertiary/aromatic N) is 5. The number of methoxy groups -OCH3 is 2. The number of hydrogen-bond donors (Lipinski definition) is 1. The molecular weight excluding hydrogens is 404 g/mol. The Morgan fingerprint density at radius 1 is 1.09 bits per heavy atom. The minimum atomic E-state index is 0.614. The monoisotopic (exact) mass is 434 g/mol. The molecule has 1 aromatic heterocycles. The van der Waals surface area contributed by atoms with E-state index in [4.69, 9.17) is 14.5 Å². The summed E-state index contributed by atoms with van der Waals surface area (Å²) in [5.74, 6) is 2.47. The second-order valence-corrected chi connectivity index (χ2v) is 7.73. The number of benzene rings is 2. The van der Waals surface area contributed by atoms with Gasteiger partial charge in [0.25, 0.3) is 0 Å². The van der Waals surface area contributed by atoms with E-state index in [1.807, 2.05) is 4.68 Å². The fraction of sp³-hybridized carbons (Fsp3) is 0.375. The lowest BCUT2D eigenvalue weighted by molar-refractivity contribution is 0.346. The zero-order valence-electron chi connectivity index (χ0n) is 18.9. The first kappa shape index (κ1) is 21.7. The maximum absolute atomic E-state index is 5.50. The number of aromatic nitrogens is 3. The predicted octanol–water partition coefficient (Wildman–Crippen LogP) is 2.87. The van der Waals surface area contributed by atoms with E-state index in [-0.39, 0.29) is 0 Å². The molecular formula is C24H30N6O2. The predicted molar refractivity (Wildman–Crippen MR) is 124 cm³/mol. The van der Waals surface area contributed by atoms with E-state index in [0.29, 0.717) is 13.1 Å². The highest BCUT2D eigenvalue weighted by atomic mass is 16.5. The molecule has 0 bridgehead atoms. The van der Waals surface area contributed by atoms with Gasteiger partial charge in [-0.25, -0.2) is 14.7 Å². The summed E-state index contributed by atoms with van der Waals surface area (Å²) >= 11 is 0. The summed E-state index contributed by atoms with van der Waals surface area (Å²) in [5.41, 5.74) is 4.90. The maximum atomic E-state index is 5.50. The van der Waals surface area contributed by atoms with Gasteiger partial charge in [-0.3, -0.25) is 0 Å². The summed E-state index contributed by atoms with van der Waals surface area (Å²) in [7, 11) is 3.35. The van der Waals surface area contributed by atoms with Crippen LogP contribution in [0.1, 0.15) is 29.2 Å². The molecule has 168 valence electrons. The Kier molecular flexibility index (Phi) is 6.89. The molecule has 0 fully saturated rings. The highest BCUT2D eigenvalue weighted by Gasteiger charge is 2.21. The van der Waals surface area contributed by atoms with Crippen LogP contribution in [0.2, 0.25) is 0 Å². The molecule has 1 N–H and O–H groups in total. The number of fused-ring (bicyclic) bond motifs is 1. The molecule has 0 unspecified atom stereocenters. The molecule has 3 aromatic rings. The minimum absolute atomic E-state index is 0.614. The van der Waals surface area contributed by atoms with Gasteiger partial charge in [0.05, 0.1) is 27.3 Å². The molecule has 0 radical (unpaired) electrons. The molecule has 0 atom stereocenters. The fourth-order valence-corrected chi connectivity index (χ4v) is 3.98. The highest BCUT2D eigenvalue weighted by molar-refractivity contribution is 5.80. The molecule has 0 amide bonds. The Hall–Kier alpha value is -3.55. The van der Waals surface area contributed by atoms with E-state index >= 15 is 0 Å². The quantitative estimate of drug-likeness (QED) is 0.455.